The predicted octanol–water partition coefficient (Wildman–Crippen LogP) is -0.0352. The summed E-state index contributed by atoms with van der Waals surface area (Å²) in [5, 5.41) is 0. The molecule has 0 N–H and O–H groups in total. The van der Waals surface area contributed by atoms with Crippen molar-refractivity contribution in [1.29, 1.82) is 0 Å². The molecule has 5 heteroatoms. The van der Waals surface area contributed by atoms with Crippen molar-refractivity contribution in [2.24, 2.45) is 0 Å². The standard InChI is InChI=1S/C11H13NO4/c1-2-16-10(15)11-5-3-9(14)12(11)6-4-8(13)7-11/h1H,2-7H2/t11-/m1/s1. The third-order valence-corrected chi connectivity index (χ3v) is 3.27. The van der Waals surface area contributed by atoms with Crippen molar-refractivity contribution in [1.82, 2.24) is 4.90 Å². The van der Waals surface area contributed by atoms with E-state index in [-0.39, 0.29) is 24.7 Å². The van der Waals surface area contributed by atoms with Gasteiger partial charge in [0, 0.05) is 32.7 Å². The number of ketones is 1. The molecule has 0 spiro atoms. The topological polar surface area (TPSA) is 63.7 Å². The van der Waals surface area contributed by atoms with Gasteiger partial charge in [-0.15, -0.1) is 0 Å². The molecule has 2 fully saturated rings. The van der Waals surface area contributed by atoms with Crippen molar-refractivity contribution >= 4 is 17.7 Å². The van der Waals surface area contributed by atoms with Crippen molar-refractivity contribution in [3.8, 4) is 0 Å². The fourth-order valence-corrected chi connectivity index (χ4v) is 2.49. The van der Waals surface area contributed by atoms with Gasteiger partial charge in [0.15, 0.2) is 0 Å². The molecular weight excluding hydrogens is 210 g/mol. The Labute approximate surface area is 93.7 Å². The number of ether oxygens (including phenoxy) is 1. The highest BCUT2D eigenvalue weighted by Crippen LogP contribution is 2.38. The first-order valence-electron chi connectivity index (χ1n) is 5.29. The fraction of sp³-hybridized carbons (Fsp3) is 0.636. The molecule has 1 atom stereocenters. The highest BCUT2D eigenvalue weighted by molar-refractivity contribution is 5.98. The molecule has 0 unspecified atom stereocenters. The molecule has 2 radical (unpaired) electrons. The van der Waals surface area contributed by atoms with E-state index in [4.69, 9.17) is 11.7 Å². The van der Waals surface area contributed by atoms with Crippen molar-refractivity contribution in [2.45, 2.75) is 31.2 Å². The van der Waals surface area contributed by atoms with Gasteiger partial charge in [0.2, 0.25) is 5.91 Å². The Morgan fingerprint density at radius 1 is 1.44 bits per heavy atom. The number of fused-ring (bicyclic) bond motifs is 1. The zero-order valence-corrected chi connectivity index (χ0v) is 8.90. The summed E-state index contributed by atoms with van der Waals surface area (Å²) >= 11 is 0. The van der Waals surface area contributed by atoms with Crippen molar-refractivity contribution in [3.63, 3.8) is 0 Å². The molecule has 0 aliphatic carbocycles. The second-order valence-electron chi connectivity index (χ2n) is 4.14. The average Bonchev–Trinajstić information content (AvgIpc) is 2.57. The Kier molecular flexibility index (Phi) is 2.69. The number of carbonyl (C=O) groups is 3. The molecule has 2 heterocycles. The number of nitrogens with zero attached hydrogens (tertiary/aromatic N) is 1. The fourth-order valence-electron chi connectivity index (χ4n) is 2.49. The summed E-state index contributed by atoms with van der Waals surface area (Å²) in [5.74, 6) is -0.629. The number of Topliss-reactive ketones (excluding diaryl/α,β-unsaturated/α-hetero) is 1. The van der Waals surface area contributed by atoms with Crippen LogP contribution in [0, 0.1) is 6.92 Å². The Morgan fingerprint density at radius 2 is 2.19 bits per heavy atom. The van der Waals surface area contributed by atoms with Gasteiger partial charge in [0.1, 0.15) is 11.3 Å². The van der Waals surface area contributed by atoms with Crippen LogP contribution < -0.4 is 0 Å². The molecule has 5 nitrogen and oxygen atoms in total. The van der Waals surface area contributed by atoms with Crippen LogP contribution in [0.4, 0.5) is 0 Å². The number of carbonyl (C=O) groups excluding carboxylic acids is 3. The molecule has 0 aromatic rings. The van der Waals surface area contributed by atoms with E-state index in [2.05, 4.69) is 0 Å². The number of esters is 1. The Hall–Kier alpha value is -1.39. The van der Waals surface area contributed by atoms with Crippen molar-refractivity contribution in [3.05, 3.63) is 6.92 Å². The summed E-state index contributed by atoms with van der Waals surface area (Å²) < 4.78 is 4.78. The maximum absolute atomic E-state index is 11.8. The Balaban J connectivity index is 2.28. The molecule has 0 aromatic heterocycles. The number of hydrogen-bond donors (Lipinski definition) is 0. The number of piperidine rings is 1. The molecular formula is C11H13NO4. The van der Waals surface area contributed by atoms with Crippen molar-refractivity contribution in [2.75, 3.05) is 13.2 Å². The SMILES string of the molecule is [CH]COC(=O)[C@]12CCC(=O)N1CCC(=O)C2. The maximum atomic E-state index is 11.8. The van der Waals surface area contributed by atoms with Crippen LogP contribution >= 0.6 is 0 Å². The molecule has 0 aromatic carbocycles. The van der Waals surface area contributed by atoms with E-state index in [1.807, 2.05) is 0 Å². The van der Waals surface area contributed by atoms with E-state index in [0.29, 0.717) is 25.8 Å². The predicted molar refractivity (Wildman–Crippen MR) is 53.2 cm³/mol. The smallest absolute Gasteiger partial charge is 0.332 e. The zero-order valence-electron chi connectivity index (χ0n) is 8.90. The molecule has 2 rings (SSSR count). The monoisotopic (exact) mass is 223 g/mol. The summed E-state index contributed by atoms with van der Waals surface area (Å²) in [6.07, 6.45) is 1.05. The summed E-state index contributed by atoms with van der Waals surface area (Å²) in [6, 6.07) is 0. The van der Waals surface area contributed by atoms with Gasteiger partial charge in [-0.1, -0.05) is 0 Å². The van der Waals surface area contributed by atoms with Gasteiger partial charge in [0.05, 0.1) is 6.61 Å². The normalized spacial score (nSPS) is 29.2. The number of amides is 1. The van der Waals surface area contributed by atoms with Gasteiger partial charge in [-0.05, 0) is 6.42 Å². The van der Waals surface area contributed by atoms with Crippen LogP contribution in [0.15, 0.2) is 0 Å². The summed E-state index contributed by atoms with van der Waals surface area (Å²) in [7, 11) is 0. The molecule has 2 aliphatic heterocycles. The van der Waals surface area contributed by atoms with Gasteiger partial charge in [-0.3, -0.25) is 9.59 Å². The lowest BCUT2D eigenvalue weighted by Crippen LogP contribution is -2.57. The highest BCUT2D eigenvalue weighted by atomic mass is 16.5. The van der Waals surface area contributed by atoms with Crippen LogP contribution in [0.1, 0.15) is 25.7 Å². The lowest BCUT2D eigenvalue weighted by atomic mass is 9.86. The first-order chi connectivity index (χ1) is 7.60. The van der Waals surface area contributed by atoms with Gasteiger partial charge in [-0.25, -0.2) is 4.79 Å². The third kappa shape index (κ3) is 1.50. The molecule has 2 aliphatic rings. The quantitative estimate of drug-likeness (QED) is 0.616. The van der Waals surface area contributed by atoms with E-state index in [0.717, 1.165) is 0 Å². The minimum absolute atomic E-state index is 0.0000728. The Morgan fingerprint density at radius 3 is 2.88 bits per heavy atom. The lowest BCUT2D eigenvalue weighted by molar-refractivity contribution is -0.163. The average molecular weight is 223 g/mol. The molecule has 0 bridgehead atoms. The van der Waals surface area contributed by atoms with Gasteiger partial charge < -0.3 is 9.64 Å². The van der Waals surface area contributed by atoms with Crippen LogP contribution in [-0.4, -0.2) is 41.3 Å². The summed E-state index contributed by atoms with van der Waals surface area (Å²) in [4.78, 5) is 36.4. The number of rotatable bonds is 2. The first-order valence-corrected chi connectivity index (χ1v) is 5.29. The van der Waals surface area contributed by atoms with Crippen LogP contribution in [0.25, 0.3) is 0 Å². The molecule has 86 valence electrons. The lowest BCUT2D eigenvalue weighted by Gasteiger charge is -2.39. The van der Waals surface area contributed by atoms with E-state index in [9.17, 15) is 14.4 Å². The zero-order chi connectivity index (χ0) is 11.8. The van der Waals surface area contributed by atoms with Crippen LogP contribution in [0.5, 0.6) is 0 Å². The van der Waals surface area contributed by atoms with Gasteiger partial charge in [0.25, 0.3) is 0 Å². The summed E-state index contributed by atoms with van der Waals surface area (Å²) in [6.45, 7) is 5.24. The molecule has 1 amide bonds. The van der Waals surface area contributed by atoms with E-state index >= 15 is 0 Å². The number of hydrogen-bond acceptors (Lipinski definition) is 4. The largest absolute Gasteiger partial charge is 0.464 e. The minimum atomic E-state index is -1.06. The third-order valence-electron chi connectivity index (χ3n) is 3.27. The van der Waals surface area contributed by atoms with Crippen LogP contribution in [0.2, 0.25) is 0 Å². The highest BCUT2D eigenvalue weighted by Gasteiger charge is 2.55. The molecule has 0 saturated carbocycles. The van der Waals surface area contributed by atoms with E-state index < -0.39 is 11.5 Å². The second-order valence-corrected chi connectivity index (χ2v) is 4.14. The minimum Gasteiger partial charge on any atom is -0.464 e. The second kappa shape index (κ2) is 3.88. The first kappa shape index (κ1) is 11.1. The molecule has 16 heavy (non-hydrogen) atoms. The summed E-state index contributed by atoms with van der Waals surface area (Å²) in [5.41, 5.74) is -1.06. The van der Waals surface area contributed by atoms with Gasteiger partial charge in [-0.2, -0.15) is 0 Å². The van der Waals surface area contributed by atoms with E-state index in [1.54, 1.807) is 0 Å². The van der Waals surface area contributed by atoms with Gasteiger partial charge >= 0.3 is 5.97 Å². The Bertz CT molecular complexity index is 352. The molecule has 2 saturated heterocycles. The van der Waals surface area contributed by atoms with Crippen molar-refractivity contribution < 1.29 is 19.1 Å². The van der Waals surface area contributed by atoms with Crippen LogP contribution in [0.3, 0.4) is 0 Å². The van der Waals surface area contributed by atoms with E-state index in [1.165, 1.54) is 4.90 Å². The maximum Gasteiger partial charge on any atom is 0.332 e. The van der Waals surface area contributed by atoms with Crippen LogP contribution in [-0.2, 0) is 19.1 Å².